The Labute approximate surface area is 120 Å². The standard InChI is InChI=1S/C12H14FN3O2S2/c1-8-7-19-11(6-14-2)12(8)20(17,18)16-10-3-4-15-5-9(10)13/h3-5,7,14H,6H2,1-2H3,(H,15,16). The molecule has 20 heavy (non-hydrogen) atoms. The van der Waals surface area contributed by atoms with Crippen LogP contribution in [0.25, 0.3) is 0 Å². The highest BCUT2D eigenvalue weighted by atomic mass is 32.2. The number of thiophene rings is 1. The van der Waals surface area contributed by atoms with Gasteiger partial charge in [-0.2, -0.15) is 0 Å². The summed E-state index contributed by atoms with van der Waals surface area (Å²) in [4.78, 5) is 4.47. The Kier molecular flexibility index (Phi) is 4.36. The van der Waals surface area contributed by atoms with Crippen LogP contribution in [-0.2, 0) is 16.6 Å². The number of rotatable bonds is 5. The molecule has 0 aliphatic carbocycles. The Balaban J connectivity index is 2.41. The highest BCUT2D eigenvalue weighted by Gasteiger charge is 2.23. The summed E-state index contributed by atoms with van der Waals surface area (Å²) in [6.45, 7) is 2.15. The molecule has 0 unspecified atom stereocenters. The molecule has 0 aliphatic rings. The molecule has 0 saturated carbocycles. The van der Waals surface area contributed by atoms with Crippen LogP contribution in [0.3, 0.4) is 0 Å². The van der Waals surface area contributed by atoms with Crippen LogP contribution in [0.5, 0.6) is 0 Å². The van der Waals surface area contributed by atoms with Crippen LogP contribution in [-0.4, -0.2) is 20.4 Å². The molecule has 2 N–H and O–H groups in total. The van der Waals surface area contributed by atoms with Gasteiger partial charge in [-0.15, -0.1) is 11.3 Å². The summed E-state index contributed by atoms with van der Waals surface area (Å²) in [5.74, 6) is -0.709. The lowest BCUT2D eigenvalue weighted by Crippen LogP contribution is -2.17. The molecule has 0 atom stereocenters. The van der Waals surface area contributed by atoms with Crippen molar-refractivity contribution in [3.63, 3.8) is 0 Å². The van der Waals surface area contributed by atoms with Crippen LogP contribution in [0.2, 0.25) is 0 Å². The number of nitrogens with one attached hydrogen (secondary N) is 2. The molecule has 0 bridgehead atoms. The number of hydrogen-bond acceptors (Lipinski definition) is 5. The van der Waals surface area contributed by atoms with Gasteiger partial charge in [0.25, 0.3) is 10.0 Å². The van der Waals surface area contributed by atoms with E-state index in [0.717, 1.165) is 6.20 Å². The van der Waals surface area contributed by atoms with Crippen molar-refractivity contribution >= 4 is 27.0 Å². The Morgan fingerprint density at radius 2 is 2.20 bits per heavy atom. The monoisotopic (exact) mass is 315 g/mol. The second-order valence-electron chi connectivity index (χ2n) is 4.16. The summed E-state index contributed by atoms with van der Waals surface area (Å²) in [5, 5.41) is 4.69. The van der Waals surface area contributed by atoms with Crippen molar-refractivity contribution in [2.24, 2.45) is 0 Å². The third-order valence-corrected chi connectivity index (χ3v) is 5.44. The lowest BCUT2D eigenvalue weighted by Gasteiger charge is -2.10. The average Bonchev–Trinajstić information content (AvgIpc) is 2.74. The molecular formula is C12H14FN3O2S2. The van der Waals surface area contributed by atoms with Crippen molar-refractivity contribution in [3.05, 3.63) is 40.1 Å². The van der Waals surface area contributed by atoms with Crippen LogP contribution in [0.1, 0.15) is 10.4 Å². The topological polar surface area (TPSA) is 71.1 Å². The number of aryl methyl sites for hydroxylation is 1. The fourth-order valence-corrected chi connectivity index (χ4v) is 4.68. The molecule has 5 nitrogen and oxygen atoms in total. The van der Waals surface area contributed by atoms with E-state index in [1.54, 1.807) is 19.4 Å². The Bertz CT molecular complexity index is 713. The van der Waals surface area contributed by atoms with Crippen LogP contribution >= 0.6 is 11.3 Å². The van der Waals surface area contributed by atoms with Crippen molar-refractivity contribution < 1.29 is 12.8 Å². The van der Waals surface area contributed by atoms with Gasteiger partial charge in [-0.1, -0.05) is 0 Å². The maximum atomic E-state index is 13.5. The van der Waals surface area contributed by atoms with E-state index in [9.17, 15) is 12.8 Å². The highest BCUT2D eigenvalue weighted by molar-refractivity contribution is 7.93. The van der Waals surface area contributed by atoms with E-state index in [0.29, 0.717) is 17.0 Å². The van der Waals surface area contributed by atoms with E-state index in [4.69, 9.17) is 0 Å². The van der Waals surface area contributed by atoms with E-state index in [1.807, 2.05) is 0 Å². The third-order valence-electron chi connectivity index (χ3n) is 2.61. The zero-order chi connectivity index (χ0) is 14.8. The number of pyridine rings is 1. The third kappa shape index (κ3) is 2.97. The largest absolute Gasteiger partial charge is 0.315 e. The second-order valence-corrected chi connectivity index (χ2v) is 6.75. The van der Waals surface area contributed by atoms with Gasteiger partial charge in [0.15, 0.2) is 5.82 Å². The lowest BCUT2D eigenvalue weighted by atomic mass is 10.3. The van der Waals surface area contributed by atoms with Gasteiger partial charge in [-0.05, 0) is 31.0 Å². The van der Waals surface area contributed by atoms with Gasteiger partial charge in [-0.3, -0.25) is 9.71 Å². The molecule has 108 valence electrons. The van der Waals surface area contributed by atoms with Crippen molar-refractivity contribution in [3.8, 4) is 0 Å². The summed E-state index contributed by atoms with van der Waals surface area (Å²) < 4.78 is 40.6. The molecule has 0 spiro atoms. The Morgan fingerprint density at radius 3 is 2.85 bits per heavy atom. The normalized spacial score (nSPS) is 11.6. The first-order valence-corrected chi connectivity index (χ1v) is 8.16. The van der Waals surface area contributed by atoms with Crippen LogP contribution < -0.4 is 10.0 Å². The Hall–Kier alpha value is -1.51. The van der Waals surface area contributed by atoms with Gasteiger partial charge in [0.1, 0.15) is 4.90 Å². The molecule has 2 rings (SSSR count). The quantitative estimate of drug-likeness (QED) is 0.886. The minimum atomic E-state index is -3.82. The number of aromatic nitrogens is 1. The molecule has 0 amide bonds. The van der Waals surface area contributed by atoms with E-state index in [-0.39, 0.29) is 10.6 Å². The summed E-state index contributed by atoms with van der Waals surface area (Å²) in [6, 6.07) is 1.28. The molecule has 0 aliphatic heterocycles. The molecule has 0 radical (unpaired) electrons. The zero-order valence-electron chi connectivity index (χ0n) is 11.0. The predicted octanol–water partition coefficient (Wildman–Crippen LogP) is 2.11. The number of hydrogen-bond donors (Lipinski definition) is 2. The summed E-state index contributed by atoms with van der Waals surface area (Å²) >= 11 is 1.35. The van der Waals surface area contributed by atoms with Crippen molar-refractivity contribution in [1.29, 1.82) is 0 Å². The van der Waals surface area contributed by atoms with Gasteiger partial charge < -0.3 is 5.32 Å². The number of nitrogens with zero attached hydrogens (tertiary/aromatic N) is 1. The zero-order valence-corrected chi connectivity index (χ0v) is 12.6. The lowest BCUT2D eigenvalue weighted by molar-refractivity contribution is 0.596. The molecule has 2 aromatic rings. The second kappa shape index (κ2) is 5.86. The number of anilines is 1. The van der Waals surface area contributed by atoms with Gasteiger partial charge >= 0.3 is 0 Å². The molecule has 2 aromatic heterocycles. The first-order chi connectivity index (χ1) is 9.45. The van der Waals surface area contributed by atoms with Gasteiger partial charge in [0, 0.05) is 17.6 Å². The van der Waals surface area contributed by atoms with E-state index in [2.05, 4.69) is 15.0 Å². The van der Waals surface area contributed by atoms with Crippen LogP contribution in [0.15, 0.2) is 28.7 Å². The van der Waals surface area contributed by atoms with Crippen molar-refractivity contribution in [2.45, 2.75) is 18.4 Å². The van der Waals surface area contributed by atoms with E-state index in [1.165, 1.54) is 23.6 Å². The fourth-order valence-electron chi connectivity index (χ4n) is 1.78. The first-order valence-electron chi connectivity index (χ1n) is 5.79. The molecule has 0 fully saturated rings. The molecule has 0 aromatic carbocycles. The first kappa shape index (κ1) is 14.9. The number of halogens is 1. The highest BCUT2D eigenvalue weighted by Crippen LogP contribution is 2.28. The molecule has 2 heterocycles. The summed E-state index contributed by atoms with van der Waals surface area (Å²) in [6.07, 6.45) is 2.29. The van der Waals surface area contributed by atoms with Gasteiger partial charge in [-0.25, -0.2) is 12.8 Å². The van der Waals surface area contributed by atoms with Crippen LogP contribution in [0, 0.1) is 12.7 Å². The molecule has 8 heteroatoms. The maximum Gasteiger partial charge on any atom is 0.263 e. The minimum Gasteiger partial charge on any atom is -0.315 e. The maximum absolute atomic E-state index is 13.5. The van der Waals surface area contributed by atoms with Crippen LogP contribution in [0.4, 0.5) is 10.1 Å². The average molecular weight is 315 g/mol. The number of sulfonamides is 1. The molecular weight excluding hydrogens is 301 g/mol. The Morgan fingerprint density at radius 1 is 1.45 bits per heavy atom. The summed E-state index contributed by atoms with van der Waals surface area (Å²) in [5.41, 5.74) is 0.531. The predicted molar refractivity (Wildman–Crippen MR) is 76.8 cm³/mol. The SMILES string of the molecule is CNCc1scc(C)c1S(=O)(=O)Nc1ccncc1F. The summed E-state index contributed by atoms with van der Waals surface area (Å²) in [7, 11) is -2.09. The minimum absolute atomic E-state index is 0.110. The van der Waals surface area contributed by atoms with E-state index >= 15 is 0 Å². The van der Waals surface area contributed by atoms with Crippen molar-refractivity contribution in [2.75, 3.05) is 11.8 Å². The molecule has 0 saturated heterocycles. The van der Waals surface area contributed by atoms with E-state index < -0.39 is 15.8 Å². The van der Waals surface area contributed by atoms with Crippen molar-refractivity contribution in [1.82, 2.24) is 10.3 Å². The van der Waals surface area contributed by atoms with Gasteiger partial charge in [0.2, 0.25) is 0 Å². The smallest absolute Gasteiger partial charge is 0.263 e. The van der Waals surface area contributed by atoms with Gasteiger partial charge in [0.05, 0.1) is 11.9 Å². The fraction of sp³-hybridized carbons (Fsp3) is 0.250.